The van der Waals surface area contributed by atoms with Crippen LogP contribution in [0.25, 0.3) is 0 Å². The van der Waals surface area contributed by atoms with Crippen LogP contribution in [-0.4, -0.2) is 38.9 Å². The van der Waals surface area contributed by atoms with Crippen molar-refractivity contribution in [3.05, 3.63) is 42.0 Å². The maximum absolute atomic E-state index is 12.0. The van der Waals surface area contributed by atoms with E-state index >= 15 is 0 Å². The summed E-state index contributed by atoms with van der Waals surface area (Å²) in [5.41, 5.74) is 1.37. The van der Waals surface area contributed by atoms with Gasteiger partial charge >= 0.3 is 0 Å². The predicted molar refractivity (Wildman–Crippen MR) is 64.2 cm³/mol. The molecule has 1 N–H and O–H groups in total. The van der Waals surface area contributed by atoms with E-state index < -0.39 is 0 Å². The maximum Gasteiger partial charge on any atom is 0.189 e. The highest BCUT2D eigenvalue weighted by Gasteiger charge is 2.21. The lowest BCUT2D eigenvalue weighted by Crippen LogP contribution is -2.43. The number of nitrogens with one attached hydrogen (secondary N) is 1. The minimum Gasteiger partial charge on any atom is -0.312 e. The molecule has 2 aromatic heterocycles. The average Bonchev–Trinajstić information content (AvgIpc) is 2.77. The van der Waals surface area contributed by atoms with Gasteiger partial charge in [-0.05, 0) is 17.7 Å². The van der Waals surface area contributed by atoms with E-state index in [0.717, 1.165) is 18.7 Å². The molecule has 0 amide bonds. The van der Waals surface area contributed by atoms with Gasteiger partial charge < -0.3 is 5.32 Å². The number of carbonyl (C=O) groups excluding carboxylic acids is 1. The van der Waals surface area contributed by atoms with Gasteiger partial charge in [-0.25, -0.2) is 4.68 Å². The molecular weight excluding hydrogens is 230 g/mol. The molecule has 1 saturated heterocycles. The molecule has 0 unspecified atom stereocenters. The predicted octanol–water partition coefficient (Wildman–Crippen LogP) is 0.243. The van der Waals surface area contributed by atoms with Crippen molar-refractivity contribution in [1.29, 1.82) is 0 Å². The molecule has 0 aliphatic carbocycles. The van der Waals surface area contributed by atoms with Crippen molar-refractivity contribution in [2.75, 3.05) is 13.1 Å². The van der Waals surface area contributed by atoms with E-state index in [-0.39, 0.29) is 5.78 Å². The van der Waals surface area contributed by atoms with Gasteiger partial charge in [-0.15, -0.1) is 5.10 Å². The number of ketones is 1. The fourth-order valence-electron chi connectivity index (χ4n) is 1.82. The third-order valence-corrected chi connectivity index (χ3v) is 3.04. The lowest BCUT2D eigenvalue weighted by Gasteiger charge is -2.26. The van der Waals surface area contributed by atoms with Gasteiger partial charge in [-0.2, -0.15) is 0 Å². The second-order valence-corrected chi connectivity index (χ2v) is 4.35. The highest BCUT2D eigenvalue weighted by molar-refractivity contribution is 5.95. The minimum atomic E-state index is -0.0141. The largest absolute Gasteiger partial charge is 0.312 e. The molecule has 0 atom stereocenters. The topological polar surface area (TPSA) is 72.7 Å². The molecule has 6 heteroatoms. The molecule has 92 valence electrons. The molecule has 0 bridgehead atoms. The first-order chi connectivity index (χ1) is 8.83. The number of hydrogen-bond donors (Lipinski definition) is 1. The molecule has 2 aromatic rings. The average molecular weight is 243 g/mol. The van der Waals surface area contributed by atoms with Crippen LogP contribution >= 0.6 is 0 Å². The lowest BCUT2D eigenvalue weighted by molar-refractivity contribution is 0.0988. The van der Waals surface area contributed by atoms with Gasteiger partial charge in [0.25, 0.3) is 0 Å². The molecule has 0 spiro atoms. The summed E-state index contributed by atoms with van der Waals surface area (Å²) in [5, 5.41) is 11.1. The fourth-order valence-corrected chi connectivity index (χ4v) is 1.82. The molecular formula is C12H13N5O. The zero-order valence-corrected chi connectivity index (χ0v) is 9.78. The van der Waals surface area contributed by atoms with Crippen molar-refractivity contribution in [3.8, 4) is 0 Å². The number of carbonyl (C=O) groups is 1. The van der Waals surface area contributed by atoms with Crippen LogP contribution in [0.3, 0.4) is 0 Å². The summed E-state index contributed by atoms with van der Waals surface area (Å²) in [7, 11) is 0. The number of Topliss-reactive ketones (excluding diaryl/α,β-unsaturated/α-hetero) is 1. The second kappa shape index (κ2) is 4.66. The fraction of sp³-hybridized carbons (Fsp3) is 0.333. The van der Waals surface area contributed by atoms with Crippen LogP contribution < -0.4 is 5.32 Å². The second-order valence-electron chi connectivity index (χ2n) is 4.35. The van der Waals surface area contributed by atoms with Crippen molar-refractivity contribution in [1.82, 2.24) is 25.3 Å². The van der Waals surface area contributed by atoms with Crippen molar-refractivity contribution in [2.45, 2.75) is 12.5 Å². The van der Waals surface area contributed by atoms with Crippen LogP contribution in [0.4, 0.5) is 0 Å². The molecule has 0 radical (unpaired) electrons. The summed E-state index contributed by atoms with van der Waals surface area (Å²) in [5.74, 6) is -0.0141. The Morgan fingerprint density at radius 3 is 2.83 bits per heavy atom. The summed E-state index contributed by atoms with van der Waals surface area (Å²) in [4.78, 5) is 15.9. The highest BCUT2D eigenvalue weighted by atomic mass is 16.1. The van der Waals surface area contributed by atoms with Crippen molar-refractivity contribution < 1.29 is 4.79 Å². The van der Waals surface area contributed by atoms with Gasteiger partial charge in [0, 0.05) is 31.9 Å². The first kappa shape index (κ1) is 11.0. The number of aromatic nitrogens is 4. The van der Waals surface area contributed by atoms with E-state index in [9.17, 15) is 4.79 Å². The zero-order valence-electron chi connectivity index (χ0n) is 9.78. The summed E-state index contributed by atoms with van der Waals surface area (Å²) in [6, 6.07) is 4.00. The van der Waals surface area contributed by atoms with Gasteiger partial charge in [-0.1, -0.05) is 5.21 Å². The van der Waals surface area contributed by atoms with E-state index in [4.69, 9.17) is 0 Å². The van der Waals surface area contributed by atoms with Crippen molar-refractivity contribution in [3.63, 3.8) is 0 Å². The van der Waals surface area contributed by atoms with Crippen LogP contribution in [0, 0.1) is 0 Å². The summed E-state index contributed by atoms with van der Waals surface area (Å²) in [6.45, 7) is 1.78. The van der Waals surface area contributed by atoms with Crippen molar-refractivity contribution in [2.24, 2.45) is 0 Å². The summed E-state index contributed by atoms with van der Waals surface area (Å²) >= 11 is 0. The van der Waals surface area contributed by atoms with Gasteiger partial charge in [0.1, 0.15) is 5.69 Å². The Balaban J connectivity index is 1.70. The van der Waals surface area contributed by atoms with Crippen LogP contribution in [0.1, 0.15) is 22.1 Å². The Morgan fingerprint density at radius 2 is 2.17 bits per heavy atom. The minimum absolute atomic E-state index is 0.0141. The molecule has 18 heavy (non-hydrogen) atoms. The maximum atomic E-state index is 12.0. The summed E-state index contributed by atoms with van der Waals surface area (Å²) in [6.07, 6.45) is 5.43. The van der Waals surface area contributed by atoms with Gasteiger partial charge in [0.05, 0.1) is 12.2 Å². The van der Waals surface area contributed by atoms with Crippen molar-refractivity contribution >= 4 is 5.78 Å². The Labute approximate surface area is 104 Å². The molecule has 0 aromatic carbocycles. The number of rotatable bonds is 4. The standard InChI is InChI=1S/C12H13N5O/c18-12(5-9-1-3-13-4-2-9)11-8-17(16-15-11)10-6-14-7-10/h1-4,8,10,14H,5-7H2. The third-order valence-electron chi connectivity index (χ3n) is 3.04. The Kier molecular flexibility index (Phi) is 2.85. The van der Waals surface area contributed by atoms with E-state index in [1.165, 1.54) is 0 Å². The Hall–Kier alpha value is -2.08. The van der Waals surface area contributed by atoms with E-state index in [1.54, 1.807) is 23.3 Å². The number of pyridine rings is 1. The molecule has 1 fully saturated rings. The lowest BCUT2D eigenvalue weighted by atomic mass is 10.1. The molecule has 6 nitrogen and oxygen atoms in total. The van der Waals surface area contributed by atoms with Crippen LogP contribution in [0.5, 0.6) is 0 Å². The van der Waals surface area contributed by atoms with Crippen LogP contribution in [0.15, 0.2) is 30.7 Å². The molecule has 0 saturated carbocycles. The quantitative estimate of drug-likeness (QED) is 0.779. The van der Waals surface area contributed by atoms with E-state index in [0.29, 0.717) is 18.2 Å². The van der Waals surface area contributed by atoms with E-state index in [1.807, 2.05) is 12.1 Å². The molecule has 3 rings (SSSR count). The highest BCUT2D eigenvalue weighted by Crippen LogP contribution is 2.11. The monoisotopic (exact) mass is 243 g/mol. The first-order valence-corrected chi connectivity index (χ1v) is 5.87. The molecule has 1 aliphatic rings. The van der Waals surface area contributed by atoms with E-state index in [2.05, 4.69) is 20.6 Å². The third kappa shape index (κ3) is 2.14. The van der Waals surface area contributed by atoms with Crippen LogP contribution in [0.2, 0.25) is 0 Å². The van der Waals surface area contributed by atoms with Gasteiger partial charge in [0.2, 0.25) is 0 Å². The molecule has 3 heterocycles. The summed E-state index contributed by atoms with van der Waals surface area (Å²) < 4.78 is 1.76. The van der Waals surface area contributed by atoms with Crippen LogP contribution in [-0.2, 0) is 6.42 Å². The van der Waals surface area contributed by atoms with Gasteiger partial charge in [0.15, 0.2) is 5.78 Å². The molecule has 1 aliphatic heterocycles. The Morgan fingerprint density at radius 1 is 1.39 bits per heavy atom. The zero-order chi connectivity index (χ0) is 12.4. The SMILES string of the molecule is O=C(Cc1ccncc1)c1cn(C2CNC2)nn1. The number of nitrogens with zero attached hydrogens (tertiary/aromatic N) is 4. The Bertz CT molecular complexity index is 547. The van der Waals surface area contributed by atoms with Gasteiger partial charge in [-0.3, -0.25) is 9.78 Å². The number of hydrogen-bond acceptors (Lipinski definition) is 5. The smallest absolute Gasteiger partial charge is 0.189 e. The first-order valence-electron chi connectivity index (χ1n) is 5.87. The normalized spacial score (nSPS) is 15.3.